The van der Waals surface area contributed by atoms with E-state index in [2.05, 4.69) is 0 Å². The summed E-state index contributed by atoms with van der Waals surface area (Å²) in [7, 11) is 0. The number of likely N-dealkylation sites (tertiary alicyclic amines) is 1. The van der Waals surface area contributed by atoms with E-state index in [0.717, 1.165) is 30.3 Å². The molecule has 1 fully saturated rings. The van der Waals surface area contributed by atoms with E-state index in [0.29, 0.717) is 13.1 Å². The van der Waals surface area contributed by atoms with Crippen LogP contribution in [0.3, 0.4) is 0 Å². The quantitative estimate of drug-likeness (QED) is 0.794. The summed E-state index contributed by atoms with van der Waals surface area (Å²) >= 11 is 0. The number of hydrogen-bond donors (Lipinski definition) is 0. The number of nitrogens with zero attached hydrogens (tertiary/aromatic N) is 1. The molecule has 1 atom stereocenters. The van der Waals surface area contributed by atoms with Gasteiger partial charge in [-0.2, -0.15) is 0 Å². The van der Waals surface area contributed by atoms with Crippen molar-refractivity contribution in [3.63, 3.8) is 0 Å². The Morgan fingerprint density at radius 1 is 1.26 bits per heavy atom. The van der Waals surface area contributed by atoms with Crippen molar-refractivity contribution >= 4 is 12.4 Å². The maximum Gasteiger partial charge on any atom is 0.410 e. The predicted octanol–water partition coefficient (Wildman–Crippen LogP) is 3.92. The molecular formula is C19H27NO3. The Morgan fingerprint density at radius 2 is 1.87 bits per heavy atom. The standard InChI is InChI=1S/C19H27NO3/c1-14-7-5-6-8-16(14)17(13-21)15-9-11-20(12-10-15)18(22)23-19(2,3)4/h5-8,13,15,17H,9-12H2,1-4H3. The summed E-state index contributed by atoms with van der Waals surface area (Å²) in [6, 6.07) is 8.05. The van der Waals surface area contributed by atoms with Crippen LogP contribution in [0.5, 0.6) is 0 Å². The van der Waals surface area contributed by atoms with Gasteiger partial charge in [0.25, 0.3) is 0 Å². The lowest BCUT2D eigenvalue weighted by Gasteiger charge is -2.35. The van der Waals surface area contributed by atoms with Crippen LogP contribution in [-0.4, -0.2) is 36.0 Å². The number of carbonyl (C=O) groups excluding carboxylic acids is 2. The van der Waals surface area contributed by atoms with Crippen LogP contribution >= 0.6 is 0 Å². The Bertz CT molecular complexity index is 554. The zero-order valence-corrected chi connectivity index (χ0v) is 14.5. The predicted molar refractivity (Wildman–Crippen MR) is 90.5 cm³/mol. The first-order valence-electron chi connectivity index (χ1n) is 8.30. The molecule has 0 spiro atoms. The summed E-state index contributed by atoms with van der Waals surface area (Å²) in [6.07, 6.45) is 2.47. The largest absolute Gasteiger partial charge is 0.444 e. The minimum atomic E-state index is -0.472. The minimum absolute atomic E-state index is 0.0861. The van der Waals surface area contributed by atoms with Crippen molar-refractivity contribution < 1.29 is 14.3 Å². The molecule has 4 heteroatoms. The molecule has 0 saturated carbocycles. The molecule has 126 valence electrons. The molecule has 0 radical (unpaired) electrons. The van der Waals surface area contributed by atoms with Crippen LogP contribution in [0.15, 0.2) is 24.3 Å². The second-order valence-corrected chi connectivity index (χ2v) is 7.32. The Balaban J connectivity index is 1.99. The Hall–Kier alpha value is -1.84. The van der Waals surface area contributed by atoms with Gasteiger partial charge in [0.05, 0.1) is 0 Å². The molecule has 1 aromatic rings. The van der Waals surface area contributed by atoms with Gasteiger partial charge in [-0.25, -0.2) is 4.79 Å². The van der Waals surface area contributed by atoms with Gasteiger partial charge in [0.15, 0.2) is 0 Å². The van der Waals surface area contributed by atoms with Crippen LogP contribution in [0.2, 0.25) is 0 Å². The maximum atomic E-state index is 12.1. The van der Waals surface area contributed by atoms with E-state index in [1.54, 1.807) is 4.90 Å². The van der Waals surface area contributed by atoms with Gasteiger partial charge in [-0.3, -0.25) is 0 Å². The van der Waals surface area contributed by atoms with Gasteiger partial charge in [0.1, 0.15) is 11.9 Å². The fourth-order valence-electron chi connectivity index (χ4n) is 3.17. The number of amides is 1. The van der Waals surface area contributed by atoms with E-state index in [1.165, 1.54) is 0 Å². The zero-order valence-electron chi connectivity index (χ0n) is 14.5. The highest BCUT2D eigenvalue weighted by Crippen LogP contribution is 2.33. The van der Waals surface area contributed by atoms with Crippen molar-refractivity contribution in [1.82, 2.24) is 4.90 Å². The third kappa shape index (κ3) is 4.57. The van der Waals surface area contributed by atoms with Crippen LogP contribution < -0.4 is 0 Å². The minimum Gasteiger partial charge on any atom is -0.444 e. The molecule has 2 rings (SSSR count). The van der Waals surface area contributed by atoms with Gasteiger partial charge < -0.3 is 14.4 Å². The summed E-state index contributed by atoms with van der Waals surface area (Å²) in [4.78, 5) is 25.5. The molecule has 0 aliphatic carbocycles. The molecule has 1 saturated heterocycles. The van der Waals surface area contributed by atoms with Gasteiger partial charge in [-0.05, 0) is 57.6 Å². The smallest absolute Gasteiger partial charge is 0.410 e. The average molecular weight is 317 g/mol. The number of aryl methyl sites for hydroxylation is 1. The van der Waals surface area contributed by atoms with Gasteiger partial charge in [0.2, 0.25) is 0 Å². The van der Waals surface area contributed by atoms with Crippen LogP contribution in [0, 0.1) is 12.8 Å². The summed E-state index contributed by atoms with van der Waals surface area (Å²) in [5.74, 6) is 0.198. The van der Waals surface area contributed by atoms with E-state index in [1.807, 2.05) is 52.0 Å². The average Bonchev–Trinajstić information content (AvgIpc) is 2.49. The lowest BCUT2D eigenvalue weighted by atomic mass is 9.79. The molecule has 1 amide bonds. The lowest BCUT2D eigenvalue weighted by molar-refractivity contribution is -0.110. The highest BCUT2D eigenvalue weighted by atomic mass is 16.6. The summed E-state index contributed by atoms with van der Waals surface area (Å²) < 4.78 is 5.42. The highest BCUT2D eigenvalue weighted by Gasteiger charge is 2.31. The third-order valence-corrected chi connectivity index (χ3v) is 4.39. The van der Waals surface area contributed by atoms with E-state index < -0.39 is 5.60 Å². The van der Waals surface area contributed by atoms with Gasteiger partial charge in [-0.15, -0.1) is 0 Å². The zero-order chi connectivity index (χ0) is 17.0. The molecule has 0 bridgehead atoms. The monoisotopic (exact) mass is 317 g/mol. The summed E-state index contributed by atoms with van der Waals surface area (Å²) in [5, 5.41) is 0. The lowest BCUT2D eigenvalue weighted by Crippen LogP contribution is -2.42. The summed E-state index contributed by atoms with van der Waals surface area (Å²) in [6.45, 7) is 8.96. The van der Waals surface area contributed by atoms with Gasteiger partial charge >= 0.3 is 6.09 Å². The number of aldehydes is 1. The SMILES string of the molecule is Cc1ccccc1C(C=O)C1CCN(C(=O)OC(C)(C)C)CC1. The van der Waals surface area contributed by atoms with Gasteiger partial charge in [0, 0.05) is 19.0 Å². The molecule has 1 aliphatic heterocycles. The first-order valence-corrected chi connectivity index (χ1v) is 8.30. The summed E-state index contributed by atoms with van der Waals surface area (Å²) in [5.41, 5.74) is 1.79. The first-order chi connectivity index (χ1) is 10.8. The second-order valence-electron chi connectivity index (χ2n) is 7.32. The normalized spacial score (nSPS) is 17.7. The van der Waals surface area contributed by atoms with Crippen molar-refractivity contribution in [1.29, 1.82) is 0 Å². The molecule has 1 unspecified atom stereocenters. The molecule has 0 aromatic heterocycles. The van der Waals surface area contributed by atoms with Crippen LogP contribution in [0.1, 0.15) is 50.7 Å². The number of rotatable bonds is 3. The molecule has 23 heavy (non-hydrogen) atoms. The van der Waals surface area contributed by atoms with Crippen molar-refractivity contribution in [2.24, 2.45) is 5.92 Å². The molecule has 1 heterocycles. The molecule has 0 N–H and O–H groups in total. The molecule has 4 nitrogen and oxygen atoms in total. The van der Waals surface area contributed by atoms with E-state index in [9.17, 15) is 9.59 Å². The van der Waals surface area contributed by atoms with E-state index >= 15 is 0 Å². The Morgan fingerprint density at radius 3 is 2.39 bits per heavy atom. The van der Waals surface area contributed by atoms with Crippen LogP contribution in [0.4, 0.5) is 4.79 Å². The first kappa shape index (κ1) is 17.5. The second kappa shape index (κ2) is 7.16. The van der Waals surface area contributed by atoms with E-state index in [4.69, 9.17) is 4.74 Å². The molecular weight excluding hydrogens is 290 g/mol. The Labute approximate surface area is 138 Å². The number of ether oxygens (including phenoxy) is 1. The van der Waals surface area contributed by atoms with Crippen LogP contribution in [-0.2, 0) is 9.53 Å². The van der Waals surface area contributed by atoms with Crippen molar-refractivity contribution in [3.05, 3.63) is 35.4 Å². The number of piperidine rings is 1. The van der Waals surface area contributed by atoms with E-state index in [-0.39, 0.29) is 17.9 Å². The maximum absolute atomic E-state index is 12.1. The van der Waals surface area contributed by atoms with Crippen molar-refractivity contribution in [2.75, 3.05) is 13.1 Å². The van der Waals surface area contributed by atoms with Gasteiger partial charge in [-0.1, -0.05) is 24.3 Å². The number of benzene rings is 1. The van der Waals surface area contributed by atoms with Crippen molar-refractivity contribution in [2.45, 2.75) is 52.1 Å². The number of carbonyl (C=O) groups is 2. The number of hydrogen-bond acceptors (Lipinski definition) is 3. The van der Waals surface area contributed by atoms with Crippen LogP contribution in [0.25, 0.3) is 0 Å². The molecule has 1 aromatic carbocycles. The molecule has 1 aliphatic rings. The fourth-order valence-corrected chi connectivity index (χ4v) is 3.17. The third-order valence-electron chi connectivity index (χ3n) is 4.39. The van der Waals surface area contributed by atoms with Crippen molar-refractivity contribution in [3.8, 4) is 0 Å². The fraction of sp³-hybridized carbons (Fsp3) is 0.579. The highest BCUT2D eigenvalue weighted by molar-refractivity contribution is 5.68. The Kier molecular flexibility index (Phi) is 5.45. The topological polar surface area (TPSA) is 46.6 Å².